The Bertz CT molecular complexity index is 2890. The first-order valence-electron chi connectivity index (χ1n) is 22.0. The summed E-state index contributed by atoms with van der Waals surface area (Å²) in [5.74, 6) is 2.09. The number of benzene rings is 4. The van der Waals surface area contributed by atoms with Gasteiger partial charge in [0, 0.05) is 53.0 Å². The Morgan fingerprint density at radius 2 is 1.06 bits per heavy atom. The van der Waals surface area contributed by atoms with Crippen molar-refractivity contribution in [1.82, 2.24) is 30.2 Å². The van der Waals surface area contributed by atoms with Crippen LogP contribution in [0, 0.1) is 64.2 Å². The van der Waals surface area contributed by atoms with Gasteiger partial charge >= 0.3 is 5.97 Å². The van der Waals surface area contributed by atoms with E-state index in [1.807, 2.05) is 71.9 Å². The number of H-pyrrole nitrogens is 2. The van der Waals surface area contributed by atoms with Gasteiger partial charge in [0.25, 0.3) is 5.91 Å². The van der Waals surface area contributed by atoms with Crippen molar-refractivity contribution in [3.63, 3.8) is 0 Å². The molecule has 2 aliphatic carbocycles. The van der Waals surface area contributed by atoms with Crippen LogP contribution in [0.3, 0.4) is 0 Å². The van der Waals surface area contributed by atoms with Gasteiger partial charge in [-0.2, -0.15) is 10.5 Å². The van der Waals surface area contributed by atoms with Crippen LogP contribution in [0.4, 0.5) is 8.78 Å². The van der Waals surface area contributed by atoms with Gasteiger partial charge < -0.3 is 25.3 Å². The number of hydrogen-bond acceptors (Lipinski definition) is 7. The lowest BCUT2D eigenvalue weighted by atomic mass is 9.86. The first-order chi connectivity index (χ1) is 31.0. The fourth-order valence-electron chi connectivity index (χ4n) is 8.56. The van der Waals surface area contributed by atoms with Gasteiger partial charge in [-0.15, -0.1) is 12.4 Å². The molecule has 340 valence electrons. The number of aryl methyl sites for hydroxylation is 6. The molecule has 10 rings (SSSR count). The molecule has 14 heteroatoms. The minimum Gasteiger partial charge on any atom is -0.478 e. The molecule has 0 spiro atoms. The molecule has 4 heterocycles. The van der Waals surface area contributed by atoms with Crippen LogP contribution in [0.15, 0.2) is 72.8 Å². The lowest BCUT2D eigenvalue weighted by Crippen LogP contribution is -2.58. The summed E-state index contributed by atoms with van der Waals surface area (Å²) < 4.78 is 29.1. The van der Waals surface area contributed by atoms with Crippen molar-refractivity contribution in [2.24, 2.45) is 0 Å². The number of carboxylic acid groups (broad SMARTS) is 1. The quantitative estimate of drug-likeness (QED) is 0.117. The Kier molecular flexibility index (Phi) is 13.4. The third-order valence-electron chi connectivity index (χ3n) is 12.9. The lowest BCUT2D eigenvalue weighted by molar-refractivity contribution is -0.0231. The summed E-state index contributed by atoms with van der Waals surface area (Å²) in [7, 11) is 0. The molecular formula is C52H53ClF2N8O3. The summed E-state index contributed by atoms with van der Waals surface area (Å²) in [4.78, 5) is 42.4. The molecule has 2 saturated heterocycles. The van der Waals surface area contributed by atoms with Crippen LogP contribution >= 0.6 is 12.4 Å². The number of alkyl halides is 2. The van der Waals surface area contributed by atoms with E-state index in [-0.39, 0.29) is 31.4 Å². The van der Waals surface area contributed by atoms with Crippen LogP contribution in [0.2, 0.25) is 0 Å². The first-order valence-corrected chi connectivity index (χ1v) is 22.0. The zero-order valence-corrected chi connectivity index (χ0v) is 38.7. The number of rotatable bonds is 8. The minimum atomic E-state index is -1.58. The second kappa shape index (κ2) is 18.7. The normalized spacial score (nSPS) is 16.4. The van der Waals surface area contributed by atoms with Crippen molar-refractivity contribution in [2.75, 3.05) is 26.2 Å². The highest BCUT2D eigenvalue weighted by Gasteiger charge is 2.47. The number of aromatic nitrogens is 4. The molecule has 2 aliphatic heterocycles. The number of aromatic carboxylic acids is 1. The third kappa shape index (κ3) is 9.65. The molecule has 6 aromatic rings. The fourth-order valence-corrected chi connectivity index (χ4v) is 8.56. The van der Waals surface area contributed by atoms with Gasteiger partial charge in [0.05, 0.1) is 53.3 Å². The number of hydrogen-bond donors (Lipinski definition) is 4. The van der Waals surface area contributed by atoms with Crippen LogP contribution < -0.4 is 5.32 Å². The van der Waals surface area contributed by atoms with Crippen molar-refractivity contribution >= 4 is 24.3 Å². The maximum absolute atomic E-state index is 15.4. The topological polar surface area (TPSA) is 175 Å². The standard InChI is InChI=1S/C26H25FN4O.C16H18N2O2.C10H9FN2.ClH/c1-15-10-16(2)22(11-21(15)23-17(3)29-24(30-23)19-6-7-19)25(32)31-13-26(27,14-31)20-8-4-18(12-28)5-9-20;1-8-6-9(2)13(16(19)20)7-12(8)14-10(3)17-15(18-14)11-4-5-11;11-10(6-13-7-10)9-3-1-8(5-12)2-4-9;/h4-5,8-11,19H,6-7,13-14H2,1-3H3,(H,29,30);6-7,11H,4-5H2,1-3H3,(H,17,18)(H,19,20);1-4,13H,6-7H2;1H. The number of amides is 1. The summed E-state index contributed by atoms with van der Waals surface area (Å²) in [6.45, 7) is 12.5. The second-order valence-corrected chi connectivity index (χ2v) is 18.1. The number of halogens is 3. The van der Waals surface area contributed by atoms with Gasteiger partial charge in [-0.1, -0.05) is 36.4 Å². The van der Waals surface area contributed by atoms with E-state index in [9.17, 15) is 19.1 Å². The van der Waals surface area contributed by atoms with Crippen LogP contribution in [-0.2, 0) is 11.3 Å². The average molecular weight is 911 g/mol. The Morgan fingerprint density at radius 1 is 0.652 bits per heavy atom. The summed E-state index contributed by atoms with van der Waals surface area (Å²) in [6.07, 6.45) is 4.73. The van der Waals surface area contributed by atoms with Crippen molar-refractivity contribution in [2.45, 2.75) is 90.4 Å². The van der Waals surface area contributed by atoms with Gasteiger partial charge in [-0.25, -0.2) is 23.5 Å². The number of likely N-dealkylation sites (tertiary alicyclic amines) is 1. The smallest absolute Gasteiger partial charge is 0.335 e. The van der Waals surface area contributed by atoms with E-state index in [0.29, 0.717) is 58.3 Å². The summed E-state index contributed by atoms with van der Waals surface area (Å²) >= 11 is 0. The van der Waals surface area contributed by atoms with Crippen molar-refractivity contribution in [1.29, 1.82) is 10.5 Å². The highest BCUT2D eigenvalue weighted by molar-refractivity contribution is 5.98. The summed E-state index contributed by atoms with van der Waals surface area (Å²) in [6, 6.07) is 24.8. The van der Waals surface area contributed by atoms with E-state index < -0.39 is 17.3 Å². The fraction of sp³-hybridized carbons (Fsp3) is 0.346. The van der Waals surface area contributed by atoms with Crippen LogP contribution in [0.1, 0.15) is 126 Å². The molecule has 0 unspecified atom stereocenters. The van der Waals surface area contributed by atoms with Crippen molar-refractivity contribution < 1.29 is 23.5 Å². The molecule has 2 saturated carbocycles. The molecule has 66 heavy (non-hydrogen) atoms. The first kappa shape index (κ1) is 47.3. The minimum absolute atomic E-state index is 0. The molecule has 4 fully saturated rings. The molecule has 0 atom stereocenters. The third-order valence-corrected chi connectivity index (χ3v) is 12.9. The maximum atomic E-state index is 15.4. The molecule has 1 amide bonds. The number of nitrogens with zero attached hydrogens (tertiary/aromatic N) is 5. The number of aromatic amines is 2. The highest BCUT2D eigenvalue weighted by Crippen LogP contribution is 2.42. The predicted octanol–water partition coefficient (Wildman–Crippen LogP) is 10.4. The van der Waals surface area contributed by atoms with Crippen LogP contribution in [0.25, 0.3) is 22.5 Å². The van der Waals surface area contributed by atoms with Crippen molar-refractivity contribution in [3.05, 3.63) is 151 Å². The van der Waals surface area contributed by atoms with E-state index in [2.05, 4.69) is 20.3 Å². The number of nitriles is 2. The second-order valence-electron chi connectivity index (χ2n) is 18.1. The summed E-state index contributed by atoms with van der Waals surface area (Å²) in [5.41, 5.74) is 9.79. The van der Waals surface area contributed by atoms with Gasteiger partial charge in [-0.3, -0.25) is 4.79 Å². The van der Waals surface area contributed by atoms with E-state index in [4.69, 9.17) is 15.5 Å². The number of carbonyl (C=O) groups excluding carboxylic acids is 1. The van der Waals surface area contributed by atoms with Gasteiger partial charge in [-0.05, 0) is 137 Å². The van der Waals surface area contributed by atoms with E-state index in [1.54, 1.807) is 59.5 Å². The van der Waals surface area contributed by atoms with E-state index >= 15 is 4.39 Å². The Labute approximate surface area is 389 Å². The molecular weight excluding hydrogens is 858 g/mol. The van der Waals surface area contributed by atoms with Crippen LogP contribution in [-0.4, -0.2) is 68.0 Å². The number of nitrogens with one attached hydrogen (secondary N) is 3. The largest absolute Gasteiger partial charge is 0.478 e. The Morgan fingerprint density at radius 3 is 1.44 bits per heavy atom. The zero-order chi connectivity index (χ0) is 46.4. The predicted molar refractivity (Wildman–Crippen MR) is 251 cm³/mol. The maximum Gasteiger partial charge on any atom is 0.335 e. The average Bonchev–Trinajstić information content (AvgIpc) is 4.22. The molecule has 0 radical (unpaired) electrons. The van der Waals surface area contributed by atoms with Gasteiger partial charge in [0.15, 0.2) is 11.3 Å². The molecule has 4 N–H and O–H groups in total. The molecule has 0 bridgehead atoms. The number of carboxylic acids is 1. The summed E-state index contributed by atoms with van der Waals surface area (Å²) in [5, 5.41) is 29.6. The SMILES string of the molecule is Cc1cc(C)c(-c2nc(C3CC3)[nH]c2C)cc1C(=O)N1CC(F)(c2ccc(C#N)cc2)C1.Cc1cc(C)c(-c2nc(C3CC3)[nH]c2C)cc1C(=O)O.Cl.N#Cc1ccc(C2(F)CNC2)cc1. The van der Waals surface area contributed by atoms with Gasteiger partial charge in [0.1, 0.15) is 11.6 Å². The van der Waals surface area contributed by atoms with E-state index in [1.165, 1.54) is 25.7 Å². The van der Waals surface area contributed by atoms with Crippen LogP contribution in [0.5, 0.6) is 0 Å². The monoisotopic (exact) mass is 910 g/mol. The lowest BCUT2D eigenvalue weighted by Gasteiger charge is -2.45. The number of carbonyl (C=O) groups is 2. The zero-order valence-electron chi connectivity index (χ0n) is 37.9. The van der Waals surface area contributed by atoms with Gasteiger partial charge in [0.2, 0.25) is 0 Å². The number of imidazole rings is 2. The Hall–Kier alpha value is -6.67. The van der Waals surface area contributed by atoms with Crippen molar-refractivity contribution in [3.8, 4) is 34.7 Å². The molecule has 4 aliphatic rings. The highest BCUT2D eigenvalue weighted by atomic mass is 35.5. The van der Waals surface area contributed by atoms with E-state index in [0.717, 1.165) is 67.8 Å². The molecule has 2 aromatic heterocycles. The Balaban J connectivity index is 0.000000162. The molecule has 11 nitrogen and oxygen atoms in total. The molecule has 4 aromatic carbocycles.